The van der Waals surface area contributed by atoms with E-state index in [0.29, 0.717) is 0 Å². The first-order valence-electron chi connectivity index (χ1n) is 20.3. The molecule has 0 amide bonds. The lowest BCUT2D eigenvalue weighted by atomic mass is 9.93. The van der Waals surface area contributed by atoms with Crippen LogP contribution < -0.4 is 0 Å². The van der Waals surface area contributed by atoms with Gasteiger partial charge in [-0.1, -0.05) is 164 Å². The maximum atomic E-state index is 5.39. The van der Waals surface area contributed by atoms with Crippen LogP contribution in [0.25, 0.3) is 95.2 Å². The fraction of sp³-hybridized carbons (Fsp3) is 0.0175. The second-order valence-corrected chi connectivity index (χ2v) is 14.9. The van der Waals surface area contributed by atoms with Gasteiger partial charge in [-0.3, -0.25) is 0 Å². The zero-order chi connectivity index (χ0) is 40.1. The van der Waals surface area contributed by atoms with Crippen molar-refractivity contribution >= 4 is 5.57 Å². The number of benzene rings is 6. The molecule has 1 aliphatic rings. The molecule has 60 heavy (non-hydrogen) atoms. The van der Waals surface area contributed by atoms with Gasteiger partial charge in [0, 0.05) is 39.8 Å². The maximum Gasteiger partial charge on any atom is 0.0755 e. The van der Waals surface area contributed by atoms with Crippen LogP contribution in [0.5, 0.6) is 0 Å². The van der Waals surface area contributed by atoms with Crippen LogP contribution in [0, 0.1) is 0 Å². The van der Waals surface area contributed by atoms with E-state index in [1.54, 1.807) is 0 Å². The molecule has 282 valence electrons. The molecule has 10 rings (SSSR count). The SMILES string of the molecule is C1=CC=CCC=1c1cc(-c2ccccc2)cc(-c2cc(-c3cc(-c4ccccc4)cc(-c4ccccc4)n3)cc(-c3cc(-c4ccccc4)cc(-c4ccccc4)n3)c2)n1. The number of pyridine rings is 3. The molecule has 0 saturated heterocycles. The van der Waals surface area contributed by atoms with Gasteiger partial charge in [0.15, 0.2) is 0 Å². The van der Waals surface area contributed by atoms with Gasteiger partial charge in [-0.2, -0.15) is 0 Å². The smallest absolute Gasteiger partial charge is 0.0755 e. The average molecular weight is 766 g/mol. The number of allylic oxidation sites excluding steroid dienone is 3. The van der Waals surface area contributed by atoms with Crippen LogP contribution in [-0.4, -0.2) is 15.0 Å². The summed E-state index contributed by atoms with van der Waals surface area (Å²) in [5, 5.41) is 0. The molecule has 3 heterocycles. The molecule has 0 bridgehead atoms. The third-order valence-electron chi connectivity index (χ3n) is 10.9. The molecule has 0 fully saturated rings. The topological polar surface area (TPSA) is 38.7 Å². The highest BCUT2D eigenvalue weighted by molar-refractivity contribution is 5.86. The van der Waals surface area contributed by atoms with Gasteiger partial charge in [0.05, 0.1) is 34.2 Å². The predicted molar refractivity (Wildman–Crippen MR) is 249 cm³/mol. The zero-order valence-corrected chi connectivity index (χ0v) is 32.9. The third-order valence-corrected chi connectivity index (χ3v) is 10.9. The first kappa shape index (κ1) is 36.4. The highest BCUT2D eigenvalue weighted by atomic mass is 14.7. The van der Waals surface area contributed by atoms with Gasteiger partial charge in [0.1, 0.15) is 0 Å². The Labute approximate surface area is 351 Å². The monoisotopic (exact) mass is 765 g/mol. The van der Waals surface area contributed by atoms with E-state index < -0.39 is 0 Å². The summed E-state index contributed by atoms with van der Waals surface area (Å²) in [5.41, 5.74) is 21.5. The van der Waals surface area contributed by atoms with E-state index in [1.807, 2.05) is 24.3 Å². The lowest BCUT2D eigenvalue weighted by Crippen LogP contribution is -1.97. The highest BCUT2D eigenvalue weighted by Crippen LogP contribution is 2.38. The van der Waals surface area contributed by atoms with Crippen LogP contribution in [0.2, 0.25) is 0 Å². The summed E-state index contributed by atoms with van der Waals surface area (Å²) in [6.45, 7) is 0. The van der Waals surface area contributed by atoms with Crippen LogP contribution in [0.1, 0.15) is 12.1 Å². The van der Waals surface area contributed by atoms with Crippen LogP contribution in [0.15, 0.2) is 230 Å². The van der Waals surface area contributed by atoms with Crippen molar-refractivity contribution in [2.45, 2.75) is 6.42 Å². The first-order chi connectivity index (χ1) is 29.7. The Kier molecular flexibility index (Phi) is 9.99. The number of hydrogen-bond donors (Lipinski definition) is 0. The van der Waals surface area contributed by atoms with Gasteiger partial charge in [0.25, 0.3) is 0 Å². The van der Waals surface area contributed by atoms with Crippen LogP contribution in [-0.2, 0) is 0 Å². The summed E-state index contributed by atoms with van der Waals surface area (Å²) in [6.07, 6.45) is 6.94. The van der Waals surface area contributed by atoms with E-state index >= 15 is 0 Å². The van der Waals surface area contributed by atoms with Gasteiger partial charge in [0.2, 0.25) is 0 Å². The largest absolute Gasteiger partial charge is 0.248 e. The lowest BCUT2D eigenvalue weighted by Gasteiger charge is -2.16. The third kappa shape index (κ3) is 7.82. The quantitative estimate of drug-likeness (QED) is 0.137. The van der Waals surface area contributed by atoms with Crippen molar-refractivity contribution in [2.75, 3.05) is 0 Å². The molecule has 3 heteroatoms. The minimum Gasteiger partial charge on any atom is -0.248 e. The van der Waals surface area contributed by atoms with Crippen molar-refractivity contribution in [3.63, 3.8) is 0 Å². The summed E-state index contributed by atoms with van der Waals surface area (Å²) in [6, 6.07) is 72.3. The molecule has 3 aromatic heterocycles. The second kappa shape index (κ2) is 16.5. The van der Waals surface area contributed by atoms with E-state index in [2.05, 4.69) is 206 Å². The molecule has 6 aromatic carbocycles. The van der Waals surface area contributed by atoms with Crippen molar-refractivity contribution in [3.8, 4) is 89.7 Å². The minimum atomic E-state index is 0.767. The Balaban J connectivity index is 1.24. The number of nitrogens with zero attached hydrogens (tertiary/aromatic N) is 3. The van der Waals surface area contributed by atoms with Crippen LogP contribution in [0.3, 0.4) is 0 Å². The maximum absolute atomic E-state index is 5.39. The summed E-state index contributed by atoms with van der Waals surface area (Å²) >= 11 is 0. The van der Waals surface area contributed by atoms with E-state index in [-0.39, 0.29) is 0 Å². The molecule has 0 saturated carbocycles. The van der Waals surface area contributed by atoms with E-state index in [1.165, 1.54) is 0 Å². The minimum absolute atomic E-state index is 0.767. The van der Waals surface area contributed by atoms with Crippen molar-refractivity contribution in [1.82, 2.24) is 15.0 Å². The lowest BCUT2D eigenvalue weighted by molar-refractivity contribution is 1.23. The highest BCUT2D eigenvalue weighted by Gasteiger charge is 2.17. The number of aromatic nitrogens is 3. The Hall–Kier alpha value is -7.97. The molecule has 0 unspecified atom stereocenters. The summed E-state index contributed by atoms with van der Waals surface area (Å²) in [7, 11) is 0. The van der Waals surface area contributed by atoms with Crippen LogP contribution in [0.4, 0.5) is 0 Å². The summed E-state index contributed by atoms with van der Waals surface area (Å²) in [5.74, 6) is 0. The van der Waals surface area contributed by atoms with Gasteiger partial charge < -0.3 is 0 Å². The van der Waals surface area contributed by atoms with Crippen molar-refractivity contribution in [2.24, 2.45) is 0 Å². The standard InChI is InChI=1S/C57H39N3/c1-7-19-40(20-8-1)46-34-52(43-25-13-4-14-26-43)58-55(37-46)49-31-50(56-38-47(41-21-9-2-10-22-41)35-53(59-56)44-27-15-5-16-28-44)33-51(32-49)57-39-48(42-23-11-3-12-24-42)36-54(60-57)45-29-17-6-18-30-45/h1-28,31-39H,29H2. The molecule has 0 spiro atoms. The molecule has 3 nitrogen and oxygen atoms in total. The van der Waals surface area contributed by atoms with E-state index in [4.69, 9.17) is 15.0 Å². The Morgan fingerprint density at radius 3 is 0.917 bits per heavy atom. The Bertz CT molecular complexity index is 2800. The Morgan fingerprint density at radius 2 is 0.583 bits per heavy atom. The predicted octanol–water partition coefficient (Wildman–Crippen LogP) is 14.7. The molecule has 0 aliphatic heterocycles. The van der Waals surface area contributed by atoms with Gasteiger partial charge in [-0.15, -0.1) is 5.73 Å². The van der Waals surface area contributed by atoms with E-state index in [9.17, 15) is 0 Å². The van der Waals surface area contributed by atoms with Gasteiger partial charge >= 0.3 is 0 Å². The summed E-state index contributed by atoms with van der Waals surface area (Å²) < 4.78 is 0. The fourth-order valence-corrected chi connectivity index (χ4v) is 7.81. The first-order valence-corrected chi connectivity index (χ1v) is 20.3. The Morgan fingerprint density at radius 1 is 0.283 bits per heavy atom. The molecule has 0 radical (unpaired) electrons. The number of hydrogen-bond acceptors (Lipinski definition) is 3. The van der Waals surface area contributed by atoms with Crippen molar-refractivity contribution in [1.29, 1.82) is 0 Å². The van der Waals surface area contributed by atoms with Gasteiger partial charge in [-0.25, -0.2) is 15.0 Å². The number of rotatable bonds is 9. The molecule has 0 atom stereocenters. The van der Waals surface area contributed by atoms with E-state index in [0.717, 1.165) is 107 Å². The van der Waals surface area contributed by atoms with Crippen molar-refractivity contribution in [3.05, 3.63) is 236 Å². The molecule has 0 N–H and O–H groups in total. The fourth-order valence-electron chi connectivity index (χ4n) is 7.81. The van der Waals surface area contributed by atoms with Crippen molar-refractivity contribution < 1.29 is 0 Å². The molecular formula is C57H39N3. The van der Waals surface area contributed by atoms with Crippen LogP contribution >= 0.6 is 0 Å². The molecule has 9 aromatic rings. The normalized spacial score (nSPS) is 12.0. The average Bonchev–Trinajstić information content (AvgIpc) is 3.35. The molecule has 1 aliphatic carbocycles. The molecular weight excluding hydrogens is 727 g/mol. The van der Waals surface area contributed by atoms with Gasteiger partial charge in [-0.05, 0) is 94.1 Å². The summed E-state index contributed by atoms with van der Waals surface area (Å²) in [4.78, 5) is 16.2. The zero-order valence-electron chi connectivity index (χ0n) is 32.9. The second-order valence-electron chi connectivity index (χ2n) is 14.9.